The van der Waals surface area contributed by atoms with E-state index in [0.717, 1.165) is 36.7 Å². The largest absolute Gasteiger partial charge is 0.385 e. The van der Waals surface area contributed by atoms with Gasteiger partial charge in [0.25, 0.3) is 5.91 Å². The number of rotatable bonds is 2. The molecule has 0 aliphatic carbocycles. The summed E-state index contributed by atoms with van der Waals surface area (Å²) < 4.78 is 13.7. The lowest BCUT2D eigenvalue weighted by Gasteiger charge is -2.18. The fraction of sp³-hybridized carbons (Fsp3) is 0.188. The van der Waals surface area contributed by atoms with Gasteiger partial charge in [0.15, 0.2) is 0 Å². The fourth-order valence-electron chi connectivity index (χ4n) is 2.42. The molecule has 0 saturated heterocycles. The molecule has 0 aromatic heterocycles. The van der Waals surface area contributed by atoms with Gasteiger partial charge in [0.2, 0.25) is 0 Å². The summed E-state index contributed by atoms with van der Waals surface area (Å²) in [6.45, 7) is 0.967. The average Bonchev–Trinajstić information content (AvgIpc) is 2.47. The third-order valence-corrected chi connectivity index (χ3v) is 3.71. The van der Waals surface area contributed by atoms with Crippen molar-refractivity contribution in [3.8, 4) is 0 Å². The van der Waals surface area contributed by atoms with E-state index < -0.39 is 11.7 Å². The van der Waals surface area contributed by atoms with E-state index in [1.807, 2.05) is 18.2 Å². The van der Waals surface area contributed by atoms with Crippen LogP contribution in [0.3, 0.4) is 0 Å². The SMILES string of the molecule is O=C(Nc1ccc2c(c1)CCCN2)c1ccc(Cl)cc1F. The van der Waals surface area contributed by atoms with Crippen LogP contribution >= 0.6 is 11.6 Å². The second-order valence-electron chi connectivity index (χ2n) is 4.98. The van der Waals surface area contributed by atoms with Crippen LogP contribution in [0, 0.1) is 5.82 Å². The van der Waals surface area contributed by atoms with E-state index in [9.17, 15) is 9.18 Å². The number of halogens is 2. The molecule has 1 aliphatic rings. The lowest BCUT2D eigenvalue weighted by Crippen LogP contribution is -2.15. The van der Waals surface area contributed by atoms with E-state index >= 15 is 0 Å². The minimum atomic E-state index is -0.625. The molecule has 0 unspecified atom stereocenters. The summed E-state index contributed by atoms with van der Waals surface area (Å²) in [6.07, 6.45) is 2.04. The highest BCUT2D eigenvalue weighted by molar-refractivity contribution is 6.30. The molecule has 5 heteroatoms. The topological polar surface area (TPSA) is 41.1 Å². The molecule has 0 fully saturated rings. The maximum atomic E-state index is 13.7. The number of aryl methyl sites for hydroxylation is 1. The molecular weight excluding hydrogens is 291 g/mol. The first-order valence-corrected chi connectivity index (χ1v) is 7.14. The fourth-order valence-corrected chi connectivity index (χ4v) is 2.58. The van der Waals surface area contributed by atoms with Gasteiger partial charge < -0.3 is 10.6 Å². The molecule has 0 spiro atoms. The van der Waals surface area contributed by atoms with Crippen molar-refractivity contribution in [3.63, 3.8) is 0 Å². The van der Waals surface area contributed by atoms with Crippen molar-refractivity contribution in [2.45, 2.75) is 12.8 Å². The first-order chi connectivity index (χ1) is 10.1. The summed E-state index contributed by atoms with van der Waals surface area (Å²) in [5.74, 6) is -1.10. The highest BCUT2D eigenvalue weighted by atomic mass is 35.5. The van der Waals surface area contributed by atoms with Crippen LogP contribution in [-0.4, -0.2) is 12.5 Å². The van der Waals surface area contributed by atoms with Gasteiger partial charge in [-0.3, -0.25) is 4.79 Å². The molecule has 2 aromatic carbocycles. The monoisotopic (exact) mass is 304 g/mol. The Kier molecular flexibility index (Phi) is 3.80. The van der Waals surface area contributed by atoms with Crippen molar-refractivity contribution in [1.82, 2.24) is 0 Å². The zero-order chi connectivity index (χ0) is 14.8. The van der Waals surface area contributed by atoms with E-state index in [4.69, 9.17) is 11.6 Å². The molecule has 1 amide bonds. The molecule has 1 heterocycles. The molecule has 3 nitrogen and oxygen atoms in total. The Balaban J connectivity index is 1.81. The molecule has 108 valence electrons. The van der Waals surface area contributed by atoms with Gasteiger partial charge in [-0.1, -0.05) is 11.6 Å². The summed E-state index contributed by atoms with van der Waals surface area (Å²) >= 11 is 5.68. The molecule has 2 N–H and O–H groups in total. The van der Waals surface area contributed by atoms with Crippen LogP contribution in [0.4, 0.5) is 15.8 Å². The summed E-state index contributed by atoms with van der Waals surface area (Å²) in [5.41, 5.74) is 2.90. The van der Waals surface area contributed by atoms with Gasteiger partial charge in [0, 0.05) is 22.9 Å². The van der Waals surface area contributed by atoms with Crippen LogP contribution in [0.1, 0.15) is 22.3 Å². The van der Waals surface area contributed by atoms with Crippen LogP contribution in [0.5, 0.6) is 0 Å². The van der Waals surface area contributed by atoms with E-state index in [1.165, 1.54) is 12.1 Å². The molecule has 0 radical (unpaired) electrons. The molecule has 3 rings (SSSR count). The predicted octanol–water partition coefficient (Wildman–Crippen LogP) is 4.09. The number of carbonyl (C=O) groups excluding carboxylic acids is 1. The Labute approximate surface area is 127 Å². The van der Waals surface area contributed by atoms with Crippen LogP contribution in [0.25, 0.3) is 0 Å². The first kappa shape index (κ1) is 13.9. The van der Waals surface area contributed by atoms with Gasteiger partial charge in [0.05, 0.1) is 5.56 Å². The standard InChI is InChI=1S/C16H14ClFN2O/c17-11-3-5-13(14(18)9-11)16(21)20-12-4-6-15-10(8-12)2-1-7-19-15/h3-6,8-9,19H,1-2,7H2,(H,20,21). The maximum absolute atomic E-state index is 13.7. The Hall–Kier alpha value is -2.07. The molecule has 2 aromatic rings. The molecule has 21 heavy (non-hydrogen) atoms. The Bertz CT molecular complexity index is 703. The van der Waals surface area contributed by atoms with Gasteiger partial charge >= 0.3 is 0 Å². The Morgan fingerprint density at radius 2 is 2.10 bits per heavy atom. The normalized spacial score (nSPS) is 13.2. The van der Waals surface area contributed by atoms with Crippen LogP contribution in [0.2, 0.25) is 5.02 Å². The number of hydrogen-bond donors (Lipinski definition) is 2. The highest BCUT2D eigenvalue weighted by Crippen LogP contribution is 2.25. The molecule has 0 saturated carbocycles. The number of hydrogen-bond acceptors (Lipinski definition) is 2. The summed E-state index contributed by atoms with van der Waals surface area (Å²) in [7, 11) is 0. The summed E-state index contributed by atoms with van der Waals surface area (Å²) in [5, 5.41) is 6.29. The number of fused-ring (bicyclic) bond motifs is 1. The first-order valence-electron chi connectivity index (χ1n) is 6.77. The van der Waals surface area contributed by atoms with Gasteiger partial charge in [-0.05, 0) is 54.8 Å². The van der Waals surface area contributed by atoms with Crippen molar-refractivity contribution in [1.29, 1.82) is 0 Å². The van der Waals surface area contributed by atoms with E-state index in [1.54, 1.807) is 0 Å². The van der Waals surface area contributed by atoms with E-state index in [2.05, 4.69) is 10.6 Å². The van der Waals surface area contributed by atoms with Gasteiger partial charge in [-0.15, -0.1) is 0 Å². The summed E-state index contributed by atoms with van der Waals surface area (Å²) in [6, 6.07) is 9.68. The van der Waals surface area contributed by atoms with Crippen molar-refractivity contribution >= 4 is 28.9 Å². The van der Waals surface area contributed by atoms with E-state index in [0.29, 0.717) is 5.69 Å². The van der Waals surface area contributed by atoms with Crippen LogP contribution in [-0.2, 0) is 6.42 Å². The lowest BCUT2D eigenvalue weighted by molar-refractivity contribution is 0.102. The number of nitrogens with one attached hydrogen (secondary N) is 2. The number of carbonyl (C=O) groups is 1. The van der Waals surface area contributed by atoms with Gasteiger partial charge in [-0.2, -0.15) is 0 Å². The van der Waals surface area contributed by atoms with Crippen LogP contribution < -0.4 is 10.6 Å². The van der Waals surface area contributed by atoms with Crippen molar-refractivity contribution < 1.29 is 9.18 Å². The van der Waals surface area contributed by atoms with Crippen molar-refractivity contribution in [2.24, 2.45) is 0 Å². The maximum Gasteiger partial charge on any atom is 0.258 e. The quantitative estimate of drug-likeness (QED) is 0.877. The Morgan fingerprint density at radius 3 is 2.90 bits per heavy atom. The molecule has 0 atom stereocenters. The molecule has 0 bridgehead atoms. The highest BCUT2D eigenvalue weighted by Gasteiger charge is 2.14. The number of benzene rings is 2. The van der Waals surface area contributed by atoms with E-state index in [-0.39, 0.29) is 10.6 Å². The van der Waals surface area contributed by atoms with Crippen LogP contribution in [0.15, 0.2) is 36.4 Å². The van der Waals surface area contributed by atoms with Crippen molar-refractivity contribution in [3.05, 3.63) is 58.4 Å². The summed E-state index contributed by atoms with van der Waals surface area (Å²) in [4.78, 5) is 12.1. The number of amides is 1. The van der Waals surface area contributed by atoms with Gasteiger partial charge in [-0.25, -0.2) is 4.39 Å². The third kappa shape index (κ3) is 3.00. The average molecular weight is 305 g/mol. The smallest absolute Gasteiger partial charge is 0.258 e. The Morgan fingerprint density at radius 1 is 1.24 bits per heavy atom. The zero-order valence-corrected chi connectivity index (χ0v) is 12.0. The van der Waals surface area contributed by atoms with Crippen molar-refractivity contribution in [2.75, 3.05) is 17.2 Å². The second kappa shape index (κ2) is 5.74. The lowest BCUT2D eigenvalue weighted by atomic mass is 10.0. The number of anilines is 2. The van der Waals surface area contributed by atoms with Gasteiger partial charge in [0.1, 0.15) is 5.82 Å². The molecule has 1 aliphatic heterocycles. The minimum absolute atomic E-state index is 0.0183. The third-order valence-electron chi connectivity index (χ3n) is 3.48. The zero-order valence-electron chi connectivity index (χ0n) is 11.2. The predicted molar refractivity (Wildman–Crippen MR) is 82.6 cm³/mol. The minimum Gasteiger partial charge on any atom is -0.385 e. The second-order valence-corrected chi connectivity index (χ2v) is 5.42. The molecular formula is C16H14ClFN2O.